The molecule has 0 aromatic rings. The molecule has 13 nitrogen and oxygen atoms in total. The highest BCUT2D eigenvalue weighted by Crippen LogP contribution is 2.47. The Morgan fingerprint density at radius 1 is 0.478 bits per heavy atom. The van der Waals surface area contributed by atoms with Crippen molar-refractivity contribution in [2.24, 2.45) is 0 Å². The average molecular weight is 967 g/mol. The minimum atomic E-state index is -5.15. The van der Waals surface area contributed by atoms with Crippen LogP contribution >= 0.6 is 7.82 Å². The molecule has 6 unspecified atom stereocenters. The van der Waals surface area contributed by atoms with Gasteiger partial charge in [-0.1, -0.05) is 170 Å². The predicted octanol–water partition coefficient (Wildman–Crippen LogP) is 11.1. The largest absolute Gasteiger partial charge is 0.472 e. The van der Waals surface area contributed by atoms with Gasteiger partial charge in [-0.2, -0.15) is 0 Å². The van der Waals surface area contributed by atoms with Gasteiger partial charge in [0.1, 0.15) is 43.2 Å². The van der Waals surface area contributed by atoms with E-state index in [4.69, 9.17) is 18.5 Å². The smallest absolute Gasteiger partial charge is 0.462 e. The summed E-state index contributed by atoms with van der Waals surface area (Å²) in [6, 6.07) is 0. The van der Waals surface area contributed by atoms with Crippen LogP contribution in [0, 0.1) is 0 Å². The second-order valence-electron chi connectivity index (χ2n) is 17.6. The molecule has 1 aliphatic rings. The zero-order valence-electron chi connectivity index (χ0n) is 41.2. The molecule has 0 heterocycles. The number of unbranched alkanes of at least 4 members (excludes halogenated alkanes) is 18. The summed E-state index contributed by atoms with van der Waals surface area (Å²) < 4.78 is 33.5. The third kappa shape index (κ3) is 34.3. The van der Waals surface area contributed by atoms with Crippen molar-refractivity contribution in [3.63, 3.8) is 0 Å². The molecule has 67 heavy (non-hydrogen) atoms. The molecule has 0 aromatic heterocycles. The van der Waals surface area contributed by atoms with E-state index in [2.05, 4.69) is 74.6 Å². The van der Waals surface area contributed by atoms with Crippen molar-refractivity contribution in [3.05, 3.63) is 72.9 Å². The van der Waals surface area contributed by atoms with Gasteiger partial charge in [0.2, 0.25) is 0 Å². The molecule has 0 spiro atoms. The number of ether oxygens (including phenoxy) is 2. The number of phosphoric acid groups is 1. The minimum Gasteiger partial charge on any atom is -0.462 e. The number of allylic oxidation sites excluding steroid dienone is 12. The number of hydrogen-bond donors (Lipinski definition) is 6. The van der Waals surface area contributed by atoms with E-state index in [1.54, 1.807) is 0 Å². The average Bonchev–Trinajstić information content (AvgIpc) is 3.31. The highest BCUT2D eigenvalue weighted by atomic mass is 31.2. The molecule has 1 aliphatic carbocycles. The topological polar surface area (TPSA) is 210 Å². The number of hydrogen-bond acceptors (Lipinski definition) is 12. The fraction of sp³-hybridized carbons (Fsp3) is 0.736. The van der Waals surface area contributed by atoms with Crippen LogP contribution < -0.4 is 0 Å². The van der Waals surface area contributed by atoms with Crippen LogP contribution in [0.15, 0.2) is 72.9 Å². The van der Waals surface area contributed by atoms with Crippen molar-refractivity contribution >= 4 is 19.8 Å². The molecular weight excluding hydrogens is 876 g/mol. The van der Waals surface area contributed by atoms with Crippen LogP contribution in [0.4, 0.5) is 0 Å². The third-order valence-electron chi connectivity index (χ3n) is 11.5. The van der Waals surface area contributed by atoms with Crippen molar-refractivity contribution in [1.29, 1.82) is 0 Å². The molecule has 8 atom stereocenters. The fourth-order valence-electron chi connectivity index (χ4n) is 7.42. The van der Waals surface area contributed by atoms with Gasteiger partial charge in [0.25, 0.3) is 0 Å². The lowest BCUT2D eigenvalue weighted by atomic mass is 9.85. The van der Waals surface area contributed by atoms with Crippen LogP contribution in [0.1, 0.15) is 194 Å². The van der Waals surface area contributed by atoms with Gasteiger partial charge in [-0.3, -0.25) is 18.6 Å². The van der Waals surface area contributed by atoms with E-state index >= 15 is 0 Å². The maximum Gasteiger partial charge on any atom is 0.472 e. The molecule has 1 rings (SSSR count). The summed E-state index contributed by atoms with van der Waals surface area (Å²) in [6.45, 7) is 3.13. The Hall–Kier alpha value is -2.71. The summed E-state index contributed by atoms with van der Waals surface area (Å²) in [7, 11) is -5.15. The van der Waals surface area contributed by atoms with Crippen molar-refractivity contribution in [3.8, 4) is 0 Å². The summed E-state index contributed by atoms with van der Waals surface area (Å²) in [6.07, 6.45) is 41.2. The quantitative estimate of drug-likeness (QED) is 0.0146. The van der Waals surface area contributed by atoms with E-state index in [9.17, 15) is 44.6 Å². The zero-order valence-corrected chi connectivity index (χ0v) is 42.1. The van der Waals surface area contributed by atoms with E-state index in [1.807, 2.05) is 12.2 Å². The van der Waals surface area contributed by atoms with Gasteiger partial charge in [-0.05, 0) is 83.5 Å². The van der Waals surface area contributed by atoms with Crippen LogP contribution in [-0.4, -0.2) is 98.3 Å². The summed E-state index contributed by atoms with van der Waals surface area (Å²) >= 11 is 0. The number of aliphatic hydroxyl groups is 5. The maximum absolute atomic E-state index is 12.8. The van der Waals surface area contributed by atoms with Gasteiger partial charge in [0.05, 0.1) is 6.61 Å². The first kappa shape index (κ1) is 62.3. The monoisotopic (exact) mass is 967 g/mol. The minimum absolute atomic E-state index is 0.0332. The van der Waals surface area contributed by atoms with Gasteiger partial charge in [0, 0.05) is 12.8 Å². The van der Waals surface area contributed by atoms with Crippen LogP contribution in [0.2, 0.25) is 0 Å². The number of carbonyl (C=O) groups excluding carboxylic acids is 2. The van der Waals surface area contributed by atoms with Crippen molar-refractivity contribution in [1.82, 2.24) is 0 Å². The zero-order chi connectivity index (χ0) is 49.2. The number of aliphatic hydroxyl groups excluding tert-OH is 5. The summed E-state index contributed by atoms with van der Waals surface area (Å²) in [5.74, 6) is -1.20. The lowest BCUT2D eigenvalue weighted by Gasteiger charge is -2.41. The SMILES string of the molecule is CC/C=C/C/C=C/C/C=C/C/C=C/CCCCC(=O)O[C@@H](COC(=O)CCC/C=C/CC/C=C/CCCCCCCCCCCCCCCC)COP(=O)(O)OC1C(O)C(O)C(O)[C@H](O)C1O. The molecule has 0 aliphatic heterocycles. The van der Waals surface area contributed by atoms with Gasteiger partial charge >= 0.3 is 19.8 Å². The normalized spacial score (nSPS) is 21.7. The lowest BCUT2D eigenvalue weighted by Crippen LogP contribution is -2.64. The Morgan fingerprint density at radius 2 is 0.881 bits per heavy atom. The van der Waals surface area contributed by atoms with E-state index in [-0.39, 0.29) is 12.8 Å². The van der Waals surface area contributed by atoms with E-state index in [1.165, 1.54) is 89.9 Å². The standard InChI is InChI=1S/C53H91O13P/c1-3-5-7-9-11-13-15-17-19-20-21-22-23-24-25-26-28-29-31-33-35-37-39-41-46(54)63-43-45(44-64-67(61,62)66-53-51(59)49(57)48(56)50(58)52(53)60)65-47(55)42-40-38-36-34-32-30-27-18-16-14-12-10-8-6-4-2/h6,8,12,14,18,26-28,32-35,45,48-53,56-60H,3-5,7,9-11,13,15-17,19-25,29-31,36-44H2,1-2H3,(H,61,62)/b8-6+,14-12+,27-18+,28-26+,34-32+,35-33+/t45-,48?,49-,50?,51?,52?,53?/m0/s1. The van der Waals surface area contributed by atoms with Crippen LogP contribution in [0.25, 0.3) is 0 Å². The Balaban J connectivity index is 2.42. The van der Waals surface area contributed by atoms with Crippen LogP contribution in [-0.2, 0) is 32.7 Å². The van der Waals surface area contributed by atoms with E-state index in [0.29, 0.717) is 25.7 Å². The second-order valence-corrected chi connectivity index (χ2v) is 19.0. The molecule has 0 aromatic carbocycles. The van der Waals surface area contributed by atoms with Crippen molar-refractivity contribution in [2.45, 2.75) is 236 Å². The van der Waals surface area contributed by atoms with Crippen molar-refractivity contribution in [2.75, 3.05) is 13.2 Å². The van der Waals surface area contributed by atoms with Crippen LogP contribution in [0.5, 0.6) is 0 Å². The molecule has 0 amide bonds. The maximum atomic E-state index is 12.8. The molecule has 0 saturated heterocycles. The number of phosphoric ester groups is 1. The van der Waals surface area contributed by atoms with Gasteiger partial charge < -0.3 is 39.9 Å². The molecule has 1 saturated carbocycles. The fourth-order valence-corrected chi connectivity index (χ4v) is 8.39. The highest BCUT2D eigenvalue weighted by Gasteiger charge is 2.51. The first-order valence-corrected chi connectivity index (χ1v) is 27.2. The number of esters is 2. The molecule has 0 radical (unpaired) electrons. The lowest BCUT2D eigenvalue weighted by molar-refractivity contribution is -0.220. The van der Waals surface area contributed by atoms with E-state index in [0.717, 1.165) is 51.4 Å². The second kappa shape index (κ2) is 42.2. The third-order valence-corrected chi connectivity index (χ3v) is 12.5. The van der Waals surface area contributed by atoms with Crippen molar-refractivity contribution < 1.29 is 63.1 Å². The number of rotatable bonds is 42. The highest BCUT2D eigenvalue weighted by molar-refractivity contribution is 7.47. The molecule has 1 fully saturated rings. The van der Waals surface area contributed by atoms with Gasteiger partial charge in [-0.25, -0.2) is 4.57 Å². The van der Waals surface area contributed by atoms with Gasteiger partial charge in [-0.15, -0.1) is 0 Å². The summed E-state index contributed by atoms with van der Waals surface area (Å²) in [5, 5.41) is 50.2. The Morgan fingerprint density at radius 3 is 1.40 bits per heavy atom. The van der Waals surface area contributed by atoms with Crippen LogP contribution in [0.3, 0.4) is 0 Å². The Kier molecular flexibility index (Phi) is 39.2. The van der Waals surface area contributed by atoms with Gasteiger partial charge in [0.15, 0.2) is 6.10 Å². The summed E-state index contributed by atoms with van der Waals surface area (Å²) in [4.78, 5) is 35.8. The first-order valence-electron chi connectivity index (χ1n) is 25.7. The van der Waals surface area contributed by atoms with E-state index < -0.39 is 75.7 Å². The molecular formula is C53H91O13P. The molecule has 14 heteroatoms. The summed E-state index contributed by atoms with van der Waals surface area (Å²) in [5.41, 5.74) is 0. The molecule has 6 N–H and O–H groups in total. The predicted molar refractivity (Wildman–Crippen MR) is 267 cm³/mol. The number of carbonyl (C=O) groups is 2. The Bertz CT molecular complexity index is 1440. The molecule has 386 valence electrons. The first-order chi connectivity index (χ1) is 32.4. The Labute approximate surface area is 404 Å². The molecule has 0 bridgehead atoms.